The van der Waals surface area contributed by atoms with E-state index in [1.807, 2.05) is 0 Å². The third-order valence-electron chi connectivity index (χ3n) is 4.88. The van der Waals surface area contributed by atoms with Gasteiger partial charge in [-0.15, -0.1) is 0 Å². The highest BCUT2D eigenvalue weighted by molar-refractivity contribution is 6.30. The molecule has 0 aliphatic carbocycles. The van der Waals surface area contributed by atoms with Gasteiger partial charge >= 0.3 is 0 Å². The van der Waals surface area contributed by atoms with E-state index >= 15 is 0 Å². The highest BCUT2D eigenvalue weighted by atomic mass is 35.5. The summed E-state index contributed by atoms with van der Waals surface area (Å²) in [5.74, 6) is -0.499. The molecule has 4 rings (SSSR count). The quantitative estimate of drug-likeness (QED) is 0.477. The highest BCUT2D eigenvalue weighted by Crippen LogP contribution is 2.23. The van der Waals surface area contributed by atoms with Gasteiger partial charge in [0.1, 0.15) is 17.9 Å². The number of anilines is 1. The normalized spacial score (nSPS) is 10.9. The Morgan fingerprint density at radius 2 is 1.81 bits per heavy atom. The van der Waals surface area contributed by atoms with Crippen LogP contribution >= 0.6 is 11.6 Å². The molecule has 0 saturated carbocycles. The molecular formula is C23H18ClFN4O3. The first kappa shape index (κ1) is 21.5. The number of halogens is 2. The Balaban J connectivity index is 1.64. The maximum absolute atomic E-state index is 13.2. The number of nitrogens with zero attached hydrogens (tertiary/aromatic N) is 3. The topological polar surface area (TPSA) is 90.0 Å². The van der Waals surface area contributed by atoms with Crippen LogP contribution in [-0.2, 0) is 11.3 Å². The molecule has 0 atom stereocenters. The lowest BCUT2D eigenvalue weighted by Gasteiger charge is -2.13. The second-order valence-electron chi connectivity index (χ2n) is 7.22. The SMILES string of the molecule is Cc1cc(C)n(CC(=O)Nc2ccc(Cl)cc2)c(=O)c1-c1nc(-c2ccc(F)cc2)no1. The number of hydrogen-bond donors (Lipinski definition) is 1. The molecule has 7 nitrogen and oxygen atoms in total. The average Bonchev–Trinajstić information content (AvgIpc) is 3.23. The van der Waals surface area contributed by atoms with Crippen LogP contribution in [0.3, 0.4) is 0 Å². The first-order valence-corrected chi connectivity index (χ1v) is 10.1. The van der Waals surface area contributed by atoms with E-state index in [4.69, 9.17) is 16.1 Å². The molecule has 0 radical (unpaired) electrons. The van der Waals surface area contributed by atoms with E-state index in [1.54, 1.807) is 44.2 Å². The van der Waals surface area contributed by atoms with Gasteiger partial charge in [0.05, 0.1) is 0 Å². The van der Waals surface area contributed by atoms with Crippen molar-refractivity contribution in [2.45, 2.75) is 20.4 Å². The number of hydrogen-bond acceptors (Lipinski definition) is 5. The van der Waals surface area contributed by atoms with Crippen LogP contribution in [0.15, 0.2) is 63.9 Å². The minimum absolute atomic E-state index is 0.0266. The molecule has 2 aromatic carbocycles. The van der Waals surface area contributed by atoms with Crippen LogP contribution in [0, 0.1) is 19.7 Å². The van der Waals surface area contributed by atoms with E-state index in [0.717, 1.165) is 0 Å². The van der Waals surface area contributed by atoms with Crippen LogP contribution in [0.5, 0.6) is 0 Å². The molecule has 0 fully saturated rings. The lowest BCUT2D eigenvalue weighted by molar-refractivity contribution is -0.116. The number of aryl methyl sites for hydroxylation is 2. The summed E-state index contributed by atoms with van der Waals surface area (Å²) in [7, 11) is 0. The van der Waals surface area contributed by atoms with Gasteiger partial charge in [0.2, 0.25) is 11.7 Å². The molecule has 32 heavy (non-hydrogen) atoms. The van der Waals surface area contributed by atoms with Crippen LogP contribution in [-0.4, -0.2) is 20.6 Å². The average molecular weight is 453 g/mol. The standard InChI is InChI=1S/C23H18ClFN4O3/c1-13-11-14(2)29(12-19(30)26-18-9-5-16(24)6-10-18)23(31)20(13)22-27-21(28-32-22)15-3-7-17(25)8-4-15/h3-11H,12H2,1-2H3,(H,26,30). The van der Waals surface area contributed by atoms with Crippen molar-refractivity contribution < 1.29 is 13.7 Å². The third kappa shape index (κ3) is 4.45. The van der Waals surface area contributed by atoms with Gasteiger partial charge in [-0.25, -0.2) is 4.39 Å². The lowest BCUT2D eigenvalue weighted by atomic mass is 10.1. The maximum Gasteiger partial charge on any atom is 0.264 e. The van der Waals surface area contributed by atoms with Gasteiger partial charge in [-0.3, -0.25) is 9.59 Å². The van der Waals surface area contributed by atoms with Gasteiger partial charge in [-0.05, 0) is 74.0 Å². The number of carbonyl (C=O) groups excluding carboxylic acids is 1. The van der Waals surface area contributed by atoms with Crippen molar-refractivity contribution in [1.82, 2.24) is 14.7 Å². The second kappa shape index (κ2) is 8.76. The van der Waals surface area contributed by atoms with Crippen molar-refractivity contribution in [3.05, 3.63) is 87.0 Å². The predicted octanol–water partition coefficient (Wildman–Crippen LogP) is 4.61. The van der Waals surface area contributed by atoms with Crippen LogP contribution < -0.4 is 10.9 Å². The number of aromatic nitrogens is 3. The number of benzene rings is 2. The second-order valence-corrected chi connectivity index (χ2v) is 7.66. The molecule has 2 heterocycles. The first-order chi connectivity index (χ1) is 15.3. The monoisotopic (exact) mass is 452 g/mol. The van der Waals surface area contributed by atoms with E-state index in [2.05, 4.69) is 15.5 Å². The van der Waals surface area contributed by atoms with Gasteiger partial charge < -0.3 is 14.4 Å². The Morgan fingerprint density at radius 3 is 2.50 bits per heavy atom. The summed E-state index contributed by atoms with van der Waals surface area (Å²) in [6, 6.07) is 14.0. The molecule has 0 bridgehead atoms. The van der Waals surface area contributed by atoms with Crippen molar-refractivity contribution >= 4 is 23.2 Å². The lowest BCUT2D eigenvalue weighted by Crippen LogP contribution is -2.30. The van der Waals surface area contributed by atoms with Gasteiger partial charge in [-0.1, -0.05) is 16.8 Å². The highest BCUT2D eigenvalue weighted by Gasteiger charge is 2.20. The zero-order valence-electron chi connectivity index (χ0n) is 17.2. The van der Waals surface area contributed by atoms with Crippen LogP contribution in [0.2, 0.25) is 5.02 Å². The van der Waals surface area contributed by atoms with Crippen molar-refractivity contribution in [2.24, 2.45) is 0 Å². The fraction of sp³-hybridized carbons (Fsp3) is 0.130. The molecule has 4 aromatic rings. The van der Waals surface area contributed by atoms with Crippen molar-refractivity contribution in [2.75, 3.05) is 5.32 Å². The van der Waals surface area contributed by atoms with Crippen molar-refractivity contribution in [3.63, 3.8) is 0 Å². The molecule has 162 valence electrons. The van der Waals surface area contributed by atoms with Gasteiger partial charge in [-0.2, -0.15) is 4.98 Å². The minimum atomic E-state index is -0.428. The number of amides is 1. The van der Waals surface area contributed by atoms with E-state index in [0.29, 0.717) is 27.5 Å². The predicted molar refractivity (Wildman–Crippen MR) is 119 cm³/mol. The third-order valence-corrected chi connectivity index (χ3v) is 5.13. The summed E-state index contributed by atoms with van der Waals surface area (Å²) in [4.78, 5) is 30.1. The molecule has 0 aliphatic rings. The molecule has 2 aromatic heterocycles. The molecule has 1 amide bonds. The van der Waals surface area contributed by atoms with E-state index in [-0.39, 0.29) is 35.5 Å². The molecule has 0 aliphatic heterocycles. The Labute approximate surface area is 187 Å². The summed E-state index contributed by atoms with van der Waals surface area (Å²) < 4.78 is 19.8. The fourth-order valence-corrected chi connectivity index (χ4v) is 3.43. The molecule has 0 spiro atoms. The number of pyridine rings is 1. The summed E-state index contributed by atoms with van der Waals surface area (Å²) >= 11 is 5.86. The zero-order valence-corrected chi connectivity index (χ0v) is 18.0. The van der Waals surface area contributed by atoms with Crippen LogP contribution in [0.25, 0.3) is 22.8 Å². The fourth-order valence-electron chi connectivity index (χ4n) is 3.30. The number of carbonyl (C=O) groups is 1. The summed E-state index contributed by atoms with van der Waals surface area (Å²) in [6.45, 7) is 3.30. The molecular weight excluding hydrogens is 435 g/mol. The van der Waals surface area contributed by atoms with Crippen molar-refractivity contribution in [3.8, 4) is 22.8 Å². The smallest absolute Gasteiger partial charge is 0.264 e. The summed E-state index contributed by atoms with van der Waals surface area (Å²) in [6.07, 6.45) is 0. The number of nitrogens with one attached hydrogen (secondary N) is 1. The van der Waals surface area contributed by atoms with E-state index < -0.39 is 5.56 Å². The van der Waals surface area contributed by atoms with Crippen LogP contribution in [0.4, 0.5) is 10.1 Å². The largest absolute Gasteiger partial charge is 0.333 e. The zero-order chi connectivity index (χ0) is 22.8. The molecule has 0 saturated heterocycles. The van der Waals surface area contributed by atoms with Crippen molar-refractivity contribution in [1.29, 1.82) is 0 Å². The van der Waals surface area contributed by atoms with Gasteiger partial charge in [0, 0.05) is 22.0 Å². The van der Waals surface area contributed by atoms with E-state index in [1.165, 1.54) is 28.8 Å². The van der Waals surface area contributed by atoms with Gasteiger partial charge in [0.15, 0.2) is 0 Å². The molecule has 1 N–H and O–H groups in total. The maximum atomic E-state index is 13.2. The van der Waals surface area contributed by atoms with Crippen LogP contribution in [0.1, 0.15) is 11.3 Å². The first-order valence-electron chi connectivity index (χ1n) is 9.68. The van der Waals surface area contributed by atoms with E-state index in [9.17, 15) is 14.0 Å². The Kier molecular flexibility index (Phi) is 5.87. The summed E-state index contributed by atoms with van der Waals surface area (Å²) in [5.41, 5.74) is 2.14. The molecule has 0 unspecified atom stereocenters. The minimum Gasteiger partial charge on any atom is -0.333 e. The Hall–Kier alpha value is -3.78. The molecule has 9 heteroatoms. The Bertz CT molecular complexity index is 1350. The van der Waals surface area contributed by atoms with Gasteiger partial charge in [0.25, 0.3) is 11.4 Å². The number of rotatable bonds is 5. The Morgan fingerprint density at radius 1 is 1.12 bits per heavy atom. The summed E-state index contributed by atoms with van der Waals surface area (Å²) in [5, 5.41) is 7.19.